The fraction of sp³-hybridized carbons (Fsp3) is 0.0833. The minimum Gasteiger partial charge on any atom is -0.231 e. The lowest BCUT2D eigenvalue weighted by atomic mass is 10.3. The molecule has 0 bridgehead atoms. The van der Waals surface area contributed by atoms with Crippen molar-refractivity contribution < 1.29 is 0 Å². The molecule has 0 saturated heterocycles. The lowest BCUT2D eigenvalue weighted by Gasteiger charge is -2.02. The van der Waals surface area contributed by atoms with Crippen LogP contribution in [-0.2, 0) is 0 Å². The summed E-state index contributed by atoms with van der Waals surface area (Å²) in [6.07, 6.45) is 0. The van der Waals surface area contributed by atoms with Crippen LogP contribution in [0.4, 0.5) is 0 Å². The van der Waals surface area contributed by atoms with E-state index in [2.05, 4.69) is 15.0 Å². The van der Waals surface area contributed by atoms with Gasteiger partial charge >= 0.3 is 0 Å². The highest BCUT2D eigenvalue weighted by Gasteiger charge is 2.10. The first-order valence-electron chi connectivity index (χ1n) is 5.23. The van der Waals surface area contributed by atoms with Crippen LogP contribution in [0.15, 0.2) is 29.0 Å². The minimum atomic E-state index is 0.484. The summed E-state index contributed by atoms with van der Waals surface area (Å²) in [5.74, 6) is 0.635. The molecule has 3 aromatic heterocycles. The number of thiophene rings is 1. The Morgan fingerprint density at radius 3 is 2.72 bits per heavy atom. The van der Waals surface area contributed by atoms with Crippen LogP contribution in [0.3, 0.4) is 0 Å². The van der Waals surface area contributed by atoms with Gasteiger partial charge in [-0.2, -0.15) is 0 Å². The molecule has 0 radical (unpaired) electrons. The van der Waals surface area contributed by atoms with E-state index in [0.29, 0.717) is 11.0 Å². The average Bonchev–Trinajstić information content (AvgIpc) is 2.98. The molecule has 0 saturated carbocycles. The second-order valence-electron chi connectivity index (χ2n) is 3.67. The van der Waals surface area contributed by atoms with E-state index in [4.69, 9.17) is 11.6 Å². The Morgan fingerprint density at radius 1 is 1.17 bits per heavy atom. The molecule has 3 nitrogen and oxygen atoms in total. The van der Waals surface area contributed by atoms with Gasteiger partial charge in [0, 0.05) is 11.1 Å². The first-order valence-corrected chi connectivity index (χ1v) is 7.37. The Morgan fingerprint density at radius 2 is 2.06 bits per heavy atom. The van der Waals surface area contributed by atoms with E-state index < -0.39 is 0 Å². The zero-order valence-corrected chi connectivity index (χ0v) is 11.8. The molecule has 0 amide bonds. The van der Waals surface area contributed by atoms with Crippen LogP contribution in [0.2, 0.25) is 5.15 Å². The van der Waals surface area contributed by atoms with Gasteiger partial charge in [-0.3, -0.25) is 0 Å². The molecule has 90 valence electrons. The van der Waals surface area contributed by atoms with E-state index in [0.717, 1.165) is 21.3 Å². The molecule has 0 fully saturated rings. The maximum Gasteiger partial charge on any atom is 0.189 e. The summed E-state index contributed by atoms with van der Waals surface area (Å²) in [4.78, 5) is 14.3. The number of hydrogen-bond acceptors (Lipinski definition) is 5. The Bertz CT molecular complexity index is 676. The van der Waals surface area contributed by atoms with E-state index in [1.807, 2.05) is 30.5 Å². The summed E-state index contributed by atoms with van der Waals surface area (Å²) in [7, 11) is 0. The molecule has 3 aromatic rings. The molecule has 6 heteroatoms. The van der Waals surface area contributed by atoms with Crippen molar-refractivity contribution in [2.75, 3.05) is 0 Å². The molecule has 3 rings (SSSR count). The molecule has 0 atom stereocenters. The van der Waals surface area contributed by atoms with Gasteiger partial charge in [0.15, 0.2) is 10.8 Å². The Kier molecular flexibility index (Phi) is 3.11. The average molecular weight is 294 g/mol. The van der Waals surface area contributed by atoms with Crippen LogP contribution in [0.1, 0.15) is 5.69 Å². The second kappa shape index (κ2) is 4.76. The number of aryl methyl sites for hydroxylation is 1. The first kappa shape index (κ1) is 11.8. The van der Waals surface area contributed by atoms with E-state index in [1.54, 1.807) is 16.7 Å². The number of rotatable bonds is 2. The zero-order chi connectivity index (χ0) is 12.5. The van der Waals surface area contributed by atoms with Crippen LogP contribution in [0, 0.1) is 6.92 Å². The normalized spacial score (nSPS) is 10.8. The molecular weight excluding hydrogens is 286 g/mol. The van der Waals surface area contributed by atoms with Crippen LogP contribution < -0.4 is 0 Å². The molecule has 0 unspecified atom stereocenters. The van der Waals surface area contributed by atoms with Crippen molar-refractivity contribution in [3.63, 3.8) is 0 Å². The number of thiazole rings is 1. The summed E-state index contributed by atoms with van der Waals surface area (Å²) in [5.41, 5.74) is 1.86. The fourth-order valence-electron chi connectivity index (χ4n) is 1.57. The van der Waals surface area contributed by atoms with Crippen molar-refractivity contribution in [1.82, 2.24) is 15.0 Å². The van der Waals surface area contributed by atoms with Crippen molar-refractivity contribution >= 4 is 34.3 Å². The van der Waals surface area contributed by atoms with Crippen molar-refractivity contribution in [3.8, 4) is 21.4 Å². The van der Waals surface area contributed by atoms with Gasteiger partial charge in [0.05, 0.1) is 10.6 Å². The van der Waals surface area contributed by atoms with Gasteiger partial charge in [0.1, 0.15) is 5.15 Å². The Balaban J connectivity index is 2.11. The zero-order valence-electron chi connectivity index (χ0n) is 9.42. The molecule has 0 aliphatic heterocycles. The second-order valence-corrected chi connectivity index (χ2v) is 5.86. The minimum absolute atomic E-state index is 0.484. The molecule has 0 aliphatic carbocycles. The molecule has 3 heterocycles. The standard InChI is InChI=1S/C12H8ClN3S2/c1-7-5-8(9-3-2-4-17-9)15-11(14-7)12-16-10(13)6-18-12/h2-6H,1H3. The van der Waals surface area contributed by atoms with Gasteiger partial charge in [-0.05, 0) is 24.4 Å². The van der Waals surface area contributed by atoms with Crippen LogP contribution in [-0.4, -0.2) is 15.0 Å². The third kappa shape index (κ3) is 2.29. The lowest BCUT2D eigenvalue weighted by Crippen LogP contribution is -1.93. The van der Waals surface area contributed by atoms with E-state index in [1.165, 1.54) is 11.3 Å². The third-order valence-electron chi connectivity index (χ3n) is 2.30. The van der Waals surface area contributed by atoms with Crippen molar-refractivity contribution in [1.29, 1.82) is 0 Å². The van der Waals surface area contributed by atoms with Gasteiger partial charge in [0.25, 0.3) is 0 Å². The lowest BCUT2D eigenvalue weighted by molar-refractivity contribution is 1.11. The third-order valence-corrected chi connectivity index (χ3v) is 4.35. The first-order chi connectivity index (χ1) is 8.72. The monoisotopic (exact) mass is 293 g/mol. The predicted molar refractivity (Wildman–Crippen MR) is 76.2 cm³/mol. The van der Waals surface area contributed by atoms with Crippen LogP contribution in [0.5, 0.6) is 0 Å². The number of aromatic nitrogens is 3. The molecule has 0 aliphatic rings. The topological polar surface area (TPSA) is 38.7 Å². The number of halogens is 1. The molecular formula is C12H8ClN3S2. The van der Waals surface area contributed by atoms with Crippen molar-refractivity contribution in [2.45, 2.75) is 6.92 Å². The highest BCUT2D eigenvalue weighted by molar-refractivity contribution is 7.13. The van der Waals surface area contributed by atoms with Crippen LogP contribution >= 0.6 is 34.3 Å². The summed E-state index contributed by atoms with van der Waals surface area (Å²) >= 11 is 8.95. The summed E-state index contributed by atoms with van der Waals surface area (Å²) in [5, 5.41) is 5.06. The fourth-order valence-corrected chi connectivity index (χ4v) is 3.14. The van der Waals surface area contributed by atoms with Gasteiger partial charge in [0.2, 0.25) is 0 Å². The predicted octanol–water partition coefficient (Wildman–Crippen LogP) is 4.29. The molecule has 0 spiro atoms. The maximum absolute atomic E-state index is 5.84. The van der Waals surface area contributed by atoms with E-state index in [-0.39, 0.29) is 0 Å². The van der Waals surface area contributed by atoms with E-state index in [9.17, 15) is 0 Å². The Labute approximate surface area is 117 Å². The highest BCUT2D eigenvalue weighted by atomic mass is 35.5. The van der Waals surface area contributed by atoms with Crippen LogP contribution in [0.25, 0.3) is 21.4 Å². The van der Waals surface area contributed by atoms with Crippen molar-refractivity contribution in [2.24, 2.45) is 0 Å². The largest absolute Gasteiger partial charge is 0.231 e. The molecule has 0 aromatic carbocycles. The summed E-state index contributed by atoms with van der Waals surface area (Å²) < 4.78 is 0. The Hall–Kier alpha value is -1.30. The SMILES string of the molecule is Cc1cc(-c2cccs2)nc(-c2nc(Cl)cs2)n1. The quantitative estimate of drug-likeness (QED) is 0.707. The highest BCUT2D eigenvalue weighted by Crippen LogP contribution is 2.28. The number of hydrogen-bond donors (Lipinski definition) is 0. The van der Waals surface area contributed by atoms with Crippen molar-refractivity contribution in [3.05, 3.63) is 39.8 Å². The van der Waals surface area contributed by atoms with Gasteiger partial charge < -0.3 is 0 Å². The smallest absolute Gasteiger partial charge is 0.189 e. The molecule has 0 N–H and O–H groups in total. The van der Waals surface area contributed by atoms with Gasteiger partial charge in [-0.1, -0.05) is 17.7 Å². The van der Waals surface area contributed by atoms with Gasteiger partial charge in [-0.15, -0.1) is 22.7 Å². The summed E-state index contributed by atoms with van der Waals surface area (Å²) in [6, 6.07) is 6.03. The van der Waals surface area contributed by atoms with E-state index >= 15 is 0 Å². The molecule has 18 heavy (non-hydrogen) atoms. The maximum atomic E-state index is 5.84. The van der Waals surface area contributed by atoms with Gasteiger partial charge in [-0.25, -0.2) is 15.0 Å². The number of nitrogens with zero attached hydrogens (tertiary/aromatic N) is 3. The summed E-state index contributed by atoms with van der Waals surface area (Å²) in [6.45, 7) is 1.96.